The average Bonchev–Trinajstić information content (AvgIpc) is 2.62. The predicted octanol–water partition coefficient (Wildman–Crippen LogP) is 2.13. The van der Waals surface area contributed by atoms with Gasteiger partial charge in [0, 0.05) is 0 Å². The lowest BCUT2D eigenvalue weighted by atomic mass is 10.1. The Bertz CT molecular complexity index is 339. The fraction of sp³-hybridized carbons (Fsp3) is 0.600. The molecule has 4 nitrogen and oxygen atoms in total. The lowest BCUT2D eigenvalue weighted by Gasteiger charge is -2.12. The second-order valence-electron chi connectivity index (χ2n) is 4.07. The van der Waals surface area contributed by atoms with E-state index in [1.54, 1.807) is 0 Å². The summed E-state index contributed by atoms with van der Waals surface area (Å²) < 4.78 is 3.99. The number of allylic oxidation sites excluding steroid dienone is 1. The van der Waals surface area contributed by atoms with E-state index in [-0.39, 0.29) is 6.04 Å². The van der Waals surface area contributed by atoms with E-state index in [1.165, 1.54) is 17.1 Å². The molecular formula is C10H18N4S. The van der Waals surface area contributed by atoms with Crippen LogP contribution in [0.4, 0.5) is 0 Å². The molecule has 5 heteroatoms. The number of hydrazine groups is 1. The van der Waals surface area contributed by atoms with Crippen molar-refractivity contribution in [2.24, 2.45) is 5.84 Å². The van der Waals surface area contributed by atoms with Gasteiger partial charge in [-0.1, -0.05) is 30.0 Å². The van der Waals surface area contributed by atoms with Gasteiger partial charge in [-0.2, -0.15) is 0 Å². The molecule has 1 aromatic rings. The van der Waals surface area contributed by atoms with Crippen molar-refractivity contribution in [3.63, 3.8) is 0 Å². The summed E-state index contributed by atoms with van der Waals surface area (Å²) in [7, 11) is 0. The summed E-state index contributed by atoms with van der Waals surface area (Å²) in [6, 6.07) is 0.0207. The Morgan fingerprint density at radius 3 is 2.60 bits per heavy atom. The van der Waals surface area contributed by atoms with Crippen LogP contribution in [-0.2, 0) is 0 Å². The van der Waals surface area contributed by atoms with Crippen LogP contribution in [0.15, 0.2) is 11.6 Å². The summed E-state index contributed by atoms with van der Waals surface area (Å²) >= 11 is 1.40. The van der Waals surface area contributed by atoms with Crippen LogP contribution >= 0.6 is 11.5 Å². The zero-order valence-corrected chi connectivity index (χ0v) is 10.4. The van der Waals surface area contributed by atoms with Gasteiger partial charge in [0.25, 0.3) is 0 Å². The first-order valence-corrected chi connectivity index (χ1v) is 5.77. The van der Waals surface area contributed by atoms with E-state index < -0.39 is 0 Å². The highest BCUT2D eigenvalue weighted by Crippen LogP contribution is 2.27. The second kappa shape index (κ2) is 5.34. The highest BCUT2D eigenvalue weighted by Gasteiger charge is 2.18. The zero-order valence-electron chi connectivity index (χ0n) is 9.61. The molecule has 84 valence electrons. The molecule has 0 aromatic carbocycles. The first-order valence-electron chi connectivity index (χ1n) is 4.99. The van der Waals surface area contributed by atoms with Crippen LogP contribution in [0.5, 0.6) is 0 Å². The van der Waals surface area contributed by atoms with Crippen LogP contribution in [0.1, 0.15) is 50.2 Å². The molecule has 0 amide bonds. The molecule has 1 aromatic heterocycles. The van der Waals surface area contributed by atoms with E-state index in [0.717, 1.165) is 10.6 Å². The minimum absolute atomic E-state index is 0.0207. The number of rotatable bonds is 4. The molecule has 0 aliphatic carbocycles. The monoisotopic (exact) mass is 226 g/mol. The van der Waals surface area contributed by atoms with Gasteiger partial charge in [0.2, 0.25) is 0 Å². The molecule has 0 bridgehead atoms. The minimum Gasteiger partial charge on any atom is -0.271 e. The number of nitrogens with one attached hydrogen (secondary N) is 1. The van der Waals surface area contributed by atoms with Gasteiger partial charge in [0.05, 0.1) is 16.6 Å². The van der Waals surface area contributed by atoms with Crippen molar-refractivity contribution < 1.29 is 0 Å². The molecule has 1 heterocycles. The van der Waals surface area contributed by atoms with E-state index >= 15 is 0 Å². The van der Waals surface area contributed by atoms with Crippen molar-refractivity contribution in [1.82, 2.24) is 15.0 Å². The van der Waals surface area contributed by atoms with Crippen LogP contribution < -0.4 is 11.3 Å². The molecule has 0 aliphatic heterocycles. The maximum Gasteiger partial charge on any atom is 0.0832 e. The van der Waals surface area contributed by atoms with Crippen LogP contribution in [0, 0.1) is 0 Å². The Morgan fingerprint density at radius 2 is 2.13 bits per heavy atom. The van der Waals surface area contributed by atoms with Crippen LogP contribution in [0.25, 0.3) is 0 Å². The number of hydrogen-bond donors (Lipinski definition) is 2. The number of hydrogen-bond acceptors (Lipinski definition) is 5. The van der Waals surface area contributed by atoms with Gasteiger partial charge in [-0.05, 0) is 31.3 Å². The molecule has 1 atom stereocenters. The van der Waals surface area contributed by atoms with E-state index in [0.29, 0.717) is 5.92 Å². The Balaban J connectivity index is 3.02. The number of nitrogens with zero attached hydrogens (tertiary/aromatic N) is 2. The molecule has 0 aliphatic rings. The van der Waals surface area contributed by atoms with Gasteiger partial charge >= 0.3 is 0 Å². The molecule has 1 rings (SSSR count). The Labute approximate surface area is 94.7 Å². The SMILES string of the molecule is CC(C)=CC(NN)c1snnc1C(C)C. The first-order chi connectivity index (χ1) is 7.06. The van der Waals surface area contributed by atoms with Crippen molar-refractivity contribution in [3.05, 3.63) is 22.2 Å². The van der Waals surface area contributed by atoms with Gasteiger partial charge in [0.1, 0.15) is 0 Å². The second-order valence-corrected chi connectivity index (χ2v) is 4.85. The number of nitrogens with two attached hydrogens (primary N) is 1. The lowest BCUT2D eigenvalue weighted by Crippen LogP contribution is -2.27. The average molecular weight is 226 g/mol. The third-order valence-electron chi connectivity index (χ3n) is 2.05. The maximum absolute atomic E-state index is 5.54. The Morgan fingerprint density at radius 1 is 1.47 bits per heavy atom. The van der Waals surface area contributed by atoms with Crippen molar-refractivity contribution in [2.75, 3.05) is 0 Å². The fourth-order valence-electron chi connectivity index (χ4n) is 1.35. The highest BCUT2D eigenvalue weighted by atomic mass is 32.1. The summed E-state index contributed by atoms with van der Waals surface area (Å²) in [6.45, 7) is 8.31. The minimum atomic E-state index is 0.0207. The molecule has 3 N–H and O–H groups in total. The summed E-state index contributed by atoms with van der Waals surface area (Å²) in [5.74, 6) is 5.91. The summed E-state index contributed by atoms with van der Waals surface area (Å²) in [5.41, 5.74) is 5.04. The number of aromatic nitrogens is 2. The highest BCUT2D eigenvalue weighted by molar-refractivity contribution is 7.05. The maximum atomic E-state index is 5.54. The molecule has 0 fully saturated rings. The first kappa shape index (κ1) is 12.3. The molecule has 1 unspecified atom stereocenters. The normalized spacial score (nSPS) is 12.9. The molecule has 0 spiro atoms. The van der Waals surface area contributed by atoms with Gasteiger partial charge in [-0.15, -0.1) is 5.10 Å². The lowest BCUT2D eigenvalue weighted by molar-refractivity contribution is 0.645. The van der Waals surface area contributed by atoms with E-state index in [9.17, 15) is 0 Å². The van der Waals surface area contributed by atoms with Crippen molar-refractivity contribution in [3.8, 4) is 0 Å². The third-order valence-corrected chi connectivity index (χ3v) is 2.87. The molecule has 15 heavy (non-hydrogen) atoms. The largest absolute Gasteiger partial charge is 0.271 e. The van der Waals surface area contributed by atoms with Crippen LogP contribution in [0.2, 0.25) is 0 Å². The Hall–Kier alpha value is -0.780. The van der Waals surface area contributed by atoms with Gasteiger partial charge in [-0.3, -0.25) is 5.84 Å². The molecule has 0 radical (unpaired) electrons. The smallest absolute Gasteiger partial charge is 0.0832 e. The van der Waals surface area contributed by atoms with Gasteiger partial charge in [0.15, 0.2) is 0 Å². The third kappa shape index (κ3) is 3.09. The quantitative estimate of drug-likeness (QED) is 0.469. The van der Waals surface area contributed by atoms with Gasteiger partial charge in [-0.25, -0.2) is 5.43 Å². The summed E-state index contributed by atoms with van der Waals surface area (Å²) in [4.78, 5) is 1.11. The van der Waals surface area contributed by atoms with Crippen molar-refractivity contribution >= 4 is 11.5 Å². The fourth-order valence-corrected chi connectivity index (χ4v) is 2.19. The molecular weight excluding hydrogens is 208 g/mol. The topological polar surface area (TPSA) is 63.8 Å². The van der Waals surface area contributed by atoms with Crippen LogP contribution in [0.3, 0.4) is 0 Å². The van der Waals surface area contributed by atoms with E-state index in [4.69, 9.17) is 5.84 Å². The molecule has 0 saturated heterocycles. The summed E-state index contributed by atoms with van der Waals surface area (Å²) in [5, 5.41) is 4.14. The standard InChI is InChI=1S/C10H18N4S/c1-6(2)5-8(12-11)10-9(7(3)4)13-14-15-10/h5,7-8,12H,11H2,1-4H3. The summed E-state index contributed by atoms with van der Waals surface area (Å²) in [6.07, 6.45) is 2.08. The van der Waals surface area contributed by atoms with E-state index in [1.807, 2.05) is 13.8 Å². The van der Waals surface area contributed by atoms with Crippen molar-refractivity contribution in [1.29, 1.82) is 0 Å². The van der Waals surface area contributed by atoms with Crippen LogP contribution in [-0.4, -0.2) is 9.59 Å². The molecule has 0 saturated carbocycles. The van der Waals surface area contributed by atoms with E-state index in [2.05, 4.69) is 34.9 Å². The predicted molar refractivity (Wildman–Crippen MR) is 63.5 cm³/mol. The van der Waals surface area contributed by atoms with Gasteiger partial charge < -0.3 is 0 Å². The Kier molecular flexibility index (Phi) is 4.38. The van der Waals surface area contributed by atoms with Crippen molar-refractivity contribution in [2.45, 2.75) is 39.7 Å². The zero-order chi connectivity index (χ0) is 11.4.